The number of carbonyl (C=O) groups excluding carboxylic acids is 1. The molecular formula is C15H16ClN3O2. The number of halogens is 1. The first-order chi connectivity index (χ1) is 10.1. The number of aldehydes is 1. The molecule has 0 radical (unpaired) electrons. The van der Waals surface area contributed by atoms with E-state index >= 15 is 0 Å². The number of hydrogen-bond donors (Lipinski definition) is 1. The fourth-order valence-corrected chi connectivity index (χ4v) is 1.90. The molecule has 1 N–H and O–H groups in total. The number of nitrogens with zero attached hydrogens (tertiary/aromatic N) is 2. The number of carbonyl (C=O) groups is 1. The van der Waals surface area contributed by atoms with Gasteiger partial charge in [0, 0.05) is 0 Å². The van der Waals surface area contributed by atoms with Gasteiger partial charge in [-0.3, -0.25) is 4.79 Å². The summed E-state index contributed by atoms with van der Waals surface area (Å²) in [5, 5.41) is 3.23. The molecule has 110 valence electrons. The van der Waals surface area contributed by atoms with Crippen molar-refractivity contribution in [1.29, 1.82) is 0 Å². The summed E-state index contributed by atoms with van der Waals surface area (Å²) in [5.74, 6) is 1.20. The van der Waals surface area contributed by atoms with E-state index in [4.69, 9.17) is 16.3 Å². The Bertz CT molecular complexity index is 617. The van der Waals surface area contributed by atoms with Crippen molar-refractivity contribution in [3.8, 4) is 5.75 Å². The Morgan fingerprint density at radius 3 is 2.71 bits per heavy atom. The van der Waals surface area contributed by atoms with Crippen LogP contribution < -0.4 is 10.1 Å². The molecule has 5 nitrogen and oxygen atoms in total. The predicted molar refractivity (Wildman–Crippen MR) is 82.2 cm³/mol. The predicted octanol–water partition coefficient (Wildman–Crippen LogP) is 3.13. The van der Waals surface area contributed by atoms with E-state index in [0.717, 1.165) is 5.75 Å². The molecule has 1 aromatic heterocycles. The first-order valence-corrected chi connectivity index (χ1v) is 6.89. The summed E-state index contributed by atoms with van der Waals surface area (Å²) < 4.78 is 5.67. The summed E-state index contributed by atoms with van der Waals surface area (Å²) in [6, 6.07) is 7.77. The topological polar surface area (TPSA) is 64.1 Å². The van der Waals surface area contributed by atoms with E-state index in [1.165, 1.54) is 11.9 Å². The number of nitrogens with one attached hydrogen (secondary N) is 1. The Hall–Kier alpha value is -2.14. The highest BCUT2D eigenvalue weighted by molar-refractivity contribution is 6.32. The molecule has 0 saturated heterocycles. The molecule has 1 aromatic carbocycles. The first kappa shape index (κ1) is 15.3. The number of rotatable bonds is 6. The molecule has 0 saturated carbocycles. The van der Waals surface area contributed by atoms with Gasteiger partial charge in [-0.25, -0.2) is 9.97 Å². The molecule has 0 fully saturated rings. The van der Waals surface area contributed by atoms with Crippen LogP contribution in [-0.4, -0.2) is 28.9 Å². The lowest BCUT2D eigenvalue weighted by Gasteiger charge is -2.16. The smallest absolute Gasteiger partial charge is 0.156 e. The van der Waals surface area contributed by atoms with Crippen LogP contribution in [0.3, 0.4) is 0 Å². The van der Waals surface area contributed by atoms with Crippen molar-refractivity contribution in [3.63, 3.8) is 0 Å². The monoisotopic (exact) mass is 305 g/mol. The summed E-state index contributed by atoms with van der Waals surface area (Å²) in [6.45, 7) is 4.38. The van der Waals surface area contributed by atoms with Crippen LogP contribution >= 0.6 is 11.6 Å². The van der Waals surface area contributed by atoms with E-state index in [2.05, 4.69) is 15.3 Å². The molecule has 2 aromatic rings. The van der Waals surface area contributed by atoms with Crippen molar-refractivity contribution in [1.82, 2.24) is 9.97 Å². The van der Waals surface area contributed by atoms with Crippen LogP contribution in [0.4, 0.5) is 5.82 Å². The minimum Gasteiger partial charge on any atom is -0.491 e. The molecule has 0 aliphatic heterocycles. The molecule has 2 rings (SSSR count). The second-order valence-corrected chi connectivity index (χ2v) is 5.07. The lowest BCUT2D eigenvalue weighted by Crippen LogP contribution is -2.25. The number of ether oxygens (including phenoxy) is 1. The van der Waals surface area contributed by atoms with Crippen LogP contribution in [0.2, 0.25) is 5.15 Å². The molecular weight excluding hydrogens is 290 g/mol. The summed E-state index contributed by atoms with van der Waals surface area (Å²) >= 11 is 5.85. The average molecular weight is 306 g/mol. The zero-order valence-corrected chi connectivity index (χ0v) is 12.6. The number of benzene rings is 1. The normalized spacial score (nSPS) is 11.8. The van der Waals surface area contributed by atoms with Gasteiger partial charge in [0.05, 0.1) is 11.6 Å². The zero-order valence-electron chi connectivity index (χ0n) is 11.8. The van der Waals surface area contributed by atoms with Gasteiger partial charge in [0.2, 0.25) is 0 Å². The molecule has 0 spiro atoms. The van der Waals surface area contributed by atoms with Gasteiger partial charge in [0.15, 0.2) is 6.29 Å². The summed E-state index contributed by atoms with van der Waals surface area (Å²) in [5.41, 5.74) is 1.43. The van der Waals surface area contributed by atoms with Gasteiger partial charge in [-0.05, 0) is 26.0 Å². The SMILES string of the molecule is Cc1ccc(OCC(C)Nc2ncnc(Cl)c2C=O)cc1. The zero-order chi connectivity index (χ0) is 15.2. The number of anilines is 1. The molecule has 0 aliphatic carbocycles. The van der Waals surface area contributed by atoms with E-state index in [-0.39, 0.29) is 16.8 Å². The minimum atomic E-state index is -0.0454. The van der Waals surface area contributed by atoms with Gasteiger partial charge in [-0.15, -0.1) is 0 Å². The molecule has 21 heavy (non-hydrogen) atoms. The van der Waals surface area contributed by atoms with Crippen LogP contribution in [0.5, 0.6) is 5.75 Å². The third kappa shape index (κ3) is 4.16. The number of aromatic nitrogens is 2. The van der Waals surface area contributed by atoms with Gasteiger partial charge in [-0.1, -0.05) is 29.3 Å². The van der Waals surface area contributed by atoms with Crippen molar-refractivity contribution in [2.75, 3.05) is 11.9 Å². The van der Waals surface area contributed by atoms with Crippen molar-refractivity contribution >= 4 is 23.7 Å². The van der Waals surface area contributed by atoms with Crippen LogP contribution in [-0.2, 0) is 0 Å². The van der Waals surface area contributed by atoms with E-state index in [1.807, 2.05) is 38.1 Å². The number of aryl methyl sites for hydroxylation is 1. The van der Waals surface area contributed by atoms with Crippen LogP contribution in [0.15, 0.2) is 30.6 Å². The fraction of sp³-hybridized carbons (Fsp3) is 0.267. The second-order valence-electron chi connectivity index (χ2n) is 4.71. The van der Waals surface area contributed by atoms with Crippen molar-refractivity contribution in [2.24, 2.45) is 0 Å². The third-order valence-electron chi connectivity index (χ3n) is 2.86. The third-order valence-corrected chi connectivity index (χ3v) is 3.16. The Morgan fingerprint density at radius 2 is 2.05 bits per heavy atom. The molecule has 0 bridgehead atoms. The Balaban J connectivity index is 1.96. The molecule has 1 atom stereocenters. The van der Waals surface area contributed by atoms with Crippen molar-refractivity contribution in [2.45, 2.75) is 19.9 Å². The van der Waals surface area contributed by atoms with E-state index in [0.29, 0.717) is 18.7 Å². The van der Waals surface area contributed by atoms with Gasteiger partial charge in [0.1, 0.15) is 29.7 Å². The van der Waals surface area contributed by atoms with Gasteiger partial charge >= 0.3 is 0 Å². The largest absolute Gasteiger partial charge is 0.491 e. The van der Waals surface area contributed by atoms with Crippen LogP contribution in [0.25, 0.3) is 0 Å². The highest BCUT2D eigenvalue weighted by Crippen LogP contribution is 2.18. The van der Waals surface area contributed by atoms with Crippen LogP contribution in [0, 0.1) is 6.92 Å². The van der Waals surface area contributed by atoms with Crippen molar-refractivity contribution < 1.29 is 9.53 Å². The average Bonchev–Trinajstić information content (AvgIpc) is 2.47. The standard InChI is InChI=1S/C15H16ClN3O2/c1-10-3-5-12(6-4-10)21-8-11(2)19-15-13(7-20)14(16)17-9-18-15/h3-7,9,11H,8H2,1-2H3,(H,17,18,19). The molecule has 6 heteroatoms. The quantitative estimate of drug-likeness (QED) is 0.656. The Kier molecular flexibility index (Phi) is 5.11. The van der Waals surface area contributed by atoms with E-state index < -0.39 is 0 Å². The van der Waals surface area contributed by atoms with Gasteiger partial charge < -0.3 is 10.1 Å². The fourth-order valence-electron chi connectivity index (χ4n) is 1.72. The maximum atomic E-state index is 11.0. The molecule has 0 amide bonds. The number of hydrogen-bond acceptors (Lipinski definition) is 5. The summed E-state index contributed by atoms with van der Waals surface area (Å²) in [6.07, 6.45) is 1.95. The highest BCUT2D eigenvalue weighted by atomic mass is 35.5. The minimum absolute atomic E-state index is 0.0454. The second kappa shape index (κ2) is 7.04. The van der Waals surface area contributed by atoms with Gasteiger partial charge in [0.25, 0.3) is 0 Å². The Morgan fingerprint density at radius 1 is 1.33 bits per heavy atom. The van der Waals surface area contributed by atoms with Crippen molar-refractivity contribution in [3.05, 3.63) is 46.9 Å². The molecule has 1 heterocycles. The van der Waals surface area contributed by atoms with E-state index in [9.17, 15) is 4.79 Å². The maximum Gasteiger partial charge on any atom is 0.156 e. The molecule has 0 aliphatic rings. The van der Waals surface area contributed by atoms with E-state index in [1.54, 1.807) is 0 Å². The lowest BCUT2D eigenvalue weighted by atomic mass is 10.2. The maximum absolute atomic E-state index is 11.0. The summed E-state index contributed by atoms with van der Waals surface area (Å²) in [7, 11) is 0. The van der Waals surface area contributed by atoms with Gasteiger partial charge in [-0.2, -0.15) is 0 Å². The first-order valence-electron chi connectivity index (χ1n) is 6.52. The molecule has 1 unspecified atom stereocenters. The van der Waals surface area contributed by atoms with Crippen LogP contribution in [0.1, 0.15) is 22.8 Å². The lowest BCUT2D eigenvalue weighted by molar-refractivity contribution is 0.112. The highest BCUT2D eigenvalue weighted by Gasteiger charge is 2.11. The summed E-state index contributed by atoms with van der Waals surface area (Å²) in [4.78, 5) is 18.8. The Labute approximate surface area is 128 Å².